The Labute approximate surface area is 168 Å². The van der Waals surface area contributed by atoms with Crippen molar-refractivity contribution in [3.63, 3.8) is 0 Å². The predicted molar refractivity (Wildman–Crippen MR) is 108 cm³/mol. The van der Waals surface area contributed by atoms with E-state index in [1.807, 2.05) is 42.5 Å². The van der Waals surface area contributed by atoms with Gasteiger partial charge in [-0.2, -0.15) is 0 Å². The van der Waals surface area contributed by atoms with Gasteiger partial charge in [-0.25, -0.2) is 4.98 Å². The summed E-state index contributed by atoms with van der Waals surface area (Å²) < 4.78 is 13.4. The second kappa shape index (κ2) is 8.63. The third-order valence-corrected chi connectivity index (χ3v) is 5.10. The van der Waals surface area contributed by atoms with Crippen molar-refractivity contribution < 1.29 is 14.3 Å². The van der Waals surface area contributed by atoms with Crippen molar-refractivity contribution in [3.05, 3.63) is 59.4 Å². The van der Waals surface area contributed by atoms with E-state index in [9.17, 15) is 4.79 Å². The maximum Gasteiger partial charge on any atom is 0.249 e. The van der Waals surface area contributed by atoms with E-state index >= 15 is 0 Å². The molecule has 0 aliphatic carbocycles. The number of para-hydroxylation sites is 3. The van der Waals surface area contributed by atoms with Gasteiger partial charge in [-0.3, -0.25) is 4.79 Å². The number of fused-ring (bicyclic) bond motifs is 1. The average Bonchev–Trinajstić information content (AvgIpc) is 3.36. The van der Waals surface area contributed by atoms with Gasteiger partial charge in [0.25, 0.3) is 0 Å². The van der Waals surface area contributed by atoms with E-state index in [1.54, 1.807) is 6.07 Å². The van der Waals surface area contributed by atoms with Gasteiger partial charge in [-0.05, 0) is 37.1 Å². The first-order valence-corrected chi connectivity index (χ1v) is 9.81. The molecule has 3 aromatic rings. The number of hydrogen-bond donors (Lipinski definition) is 1. The molecule has 1 atom stereocenters. The lowest BCUT2D eigenvalue weighted by Gasteiger charge is -2.13. The van der Waals surface area contributed by atoms with Gasteiger partial charge < -0.3 is 19.4 Å². The number of imidazole rings is 1. The summed E-state index contributed by atoms with van der Waals surface area (Å²) in [4.78, 5) is 16.9. The van der Waals surface area contributed by atoms with Crippen LogP contribution in [0.15, 0.2) is 48.5 Å². The van der Waals surface area contributed by atoms with Gasteiger partial charge >= 0.3 is 0 Å². The number of carbonyl (C=O) groups excluding carboxylic acids is 1. The number of rotatable bonds is 7. The van der Waals surface area contributed by atoms with Gasteiger partial charge in [0.15, 0.2) is 0 Å². The third kappa shape index (κ3) is 4.13. The normalized spacial score (nSPS) is 16.4. The second-order valence-corrected chi connectivity index (χ2v) is 7.07. The number of aromatic nitrogens is 2. The molecular formula is C21H22ClN3O3. The van der Waals surface area contributed by atoms with Crippen LogP contribution in [0.2, 0.25) is 5.02 Å². The Morgan fingerprint density at radius 3 is 2.89 bits per heavy atom. The predicted octanol–water partition coefficient (Wildman–Crippen LogP) is 3.56. The van der Waals surface area contributed by atoms with Crippen molar-refractivity contribution in [1.29, 1.82) is 0 Å². The third-order valence-electron chi connectivity index (χ3n) is 4.79. The minimum absolute atomic E-state index is 0.0802. The molecular weight excluding hydrogens is 378 g/mol. The Kier molecular flexibility index (Phi) is 5.78. The second-order valence-electron chi connectivity index (χ2n) is 6.67. The molecule has 0 saturated carbocycles. The summed E-state index contributed by atoms with van der Waals surface area (Å²) in [6, 6.07) is 15.3. The molecule has 0 radical (unpaired) electrons. The van der Waals surface area contributed by atoms with Crippen molar-refractivity contribution in [2.75, 3.05) is 13.2 Å². The summed E-state index contributed by atoms with van der Waals surface area (Å²) in [5.41, 5.74) is 1.90. The van der Waals surface area contributed by atoms with Gasteiger partial charge in [-0.15, -0.1) is 0 Å². The topological polar surface area (TPSA) is 65.4 Å². The van der Waals surface area contributed by atoms with Crippen molar-refractivity contribution in [2.45, 2.75) is 32.0 Å². The molecule has 1 aliphatic heterocycles. The largest absolute Gasteiger partial charge is 0.490 e. The molecule has 6 nitrogen and oxygen atoms in total. The molecule has 2 aromatic carbocycles. The van der Waals surface area contributed by atoms with E-state index in [0.29, 0.717) is 37.1 Å². The lowest BCUT2D eigenvalue weighted by Crippen LogP contribution is -2.34. The number of carbonyl (C=O) groups is 1. The van der Waals surface area contributed by atoms with E-state index in [1.165, 1.54) is 0 Å². The van der Waals surface area contributed by atoms with Crippen molar-refractivity contribution in [1.82, 2.24) is 14.9 Å². The van der Waals surface area contributed by atoms with Crippen molar-refractivity contribution in [3.8, 4) is 5.75 Å². The average molecular weight is 400 g/mol. The molecule has 28 heavy (non-hydrogen) atoms. The molecule has 1 aromatic heterocycles. The lowest BCUT2D eigenvalue weighted by molar-refractivity contribution is -0.130. The van der Waals surface area contributed by atoms with E-state index in [2.05, 4.69) is 14.9 Å². The molecule has 0 bridgehead atoms. The van der Waals surface area contributed by atoms with Crippen molar-refractivity contribution >= 4 is 28.5 Å². The highest BCUT2D eigenvalue weighted by Gasteiger charge is 2.23. The van der Waals surface area contributed by atoms with Crippen LogP contribution in [0.25, 0.3) is 11.0 Å². The first-order valence-electron chi connectivity index (χ1n) is 9.43. The van der Waals surface area contributed by atoms with Crippen LogP contribution < -0.4 is 10.1 Å². The number of nitrogens with one attached hydrogen (secondary N) is 1. The first kappa shape index (κ1) is 18.8. The highest BCUT2D eigenvalue weighted by Crippen LogP contribution is 2.23. The molecule has 1 unspecified atom stereocenters. The van der Waals surface area contributed by atoms with Crippen LogP contribution in [-0.2, 0) is 22.6 Å². The van der Waals surface area contributed by atoms with Gasteiger partial charge in [0.05, 0.1) is 29.1 Å². The molecule has 7 heteroatoms. The Bertz CT molecular complexity index is 966. The standard InChI is InChI=1S/C21H22ClN3O3/c22-15-6-1-4-9-18(15)28-13-11-25-17-8-3-2-7-16(17)24-20(25)14-23-21(26)19-10-5-12-27-19/h1-4,6-9,19H,5,10-14H2,(H,23,26). The van der Waals surface area contributed by atoms with Crippen LogP contribution in [0, 0.1) is 0 Å². The number of hydrogen-bond acceptors (Lipinski definition) is 4. The highest BCUT2D eigenvalue weighted by atomic mass is 35.5. The van der Waals surface area contributed by atoms with Gasteiger partial charge in [-0.1, -0.05) is 35.9 Å². The summed E-state index contributed by atoms with van der Waals surface area (Å²) >= 11 is 6.15. The van der Waals surface area contributed by atoms with Crippen LogP contribution in [0.4, 0.5) is 0 Å². The molecule has 1 fully saturated rings. The zero-order valence-electron chi connectivity index (χ0n) is 15.4. The summed E-state index contributed by atoms with van der Waals surface area (Å²) in [5.74, 6) is 1.36. The van der Waals surface area contributed by atoms with Crippen molar-refractivity contribution in [2.24, 2.45) is 0 Å². The van der Waals surface area contributed by atoms with Gasteiger partial charge in [0.1, 0.15) is 24.3 Å². The molecule has 4 rings (SSSR count). The number of amides is 1. The highest BCUT2D eigenvalue weighted by molar-refractivity contribution is 6.32. The molecule has 0 spiro atoms. The van der Waals surface area contributed by atoms with E-state index in [-0.39, 0.29) is 12.0 Å². The number of benzene rings is 2. The summed E-state index contributed by atoms with van der Waals surface area (Å²) in [5, 5.41) is 3.54. The molecule has 1 N–H and O–H groups in total. The Balaban J connectivity index is 1.47. The SMILES string of the molecule is O=C(NCc1nc2ccccc2n1CCOc1ccccc1Cl)C1CCCO1. The summed E-state index contributed by atoms with van der Waals surface area (Å²) in [7, 11) is 0. The Morgan fingerprint density at radius 1 is 1.25 bits per heavy atom. The fourth-order valence-electron chi connectivity index (χ4n) is 3.38. The maximum absolute atomic E-state index is 12.3. The fourth-order valence-corrected chi connectivity index (χ4v) is 3.57. The van der Waals surface area contributed by atoms with Gasteiger partial charge in [0.2, 0.25) is 5.91 Å². The molecule has 2 heterocycles. The Morgan fingerprint density at radius 2 is 2.07 bits per heavy atom. The van der Waals surface area contributed by atoms with E-state index < -0.39 is 0 Å². The summed E-state index contributed by atoms with van der Waals surface area (Å²) in [6.45, 7) is 2.03. The number of halogens is 1. The minimum atomic E-state index is -0.346. The summed E-state index contributed by atoms with van der Waals surface area (Å²) in [6.07, 6.45) is 1.35. The monoisotopic (exact) mass is 399 g/mol. The van der Waals surface area contributed by atoms with Crippen LogP contribution in [0.3, 0.4) is 0 Å². The van der Waals surface area contributed by atoms with Crippen LogP contribution >= 0.6 is 11.6 Å². The number of ether oxygens (including phenoxy) is 2. The quantitative estimate of drug-likeness (QED) is 0.659. The first-order chi connectivity index (χ1) is 13.7. The van der Waals surface area contributed by atoms with Crippen LogP contribution in [-0.4, -0.2) is 34.8 Å². The maximum atomic E-state index is 12.3. The van der Waals surface area contributed by atoms with Crippen LogP contribution in [0.5, 0.6) is 5.75 Å². The molecule has 1 amide bonds. The fraction of sp³-hybridized carbons (Fsp3) is 0.333. The molecule has 1 aliphatic rings. The van der Waals surface area contributed by atoms with Crippen LogP contribution in [0.1, 0.15) is 18.7 Å². The lowest BCUT2D eigenvalue weighted by atomic mass is 10.2. The zero-order valence-corrected chi connectivity index (χ0v) is 16.2. The van der Waals surface area contributed by atoms with E-state index in [0.717, 1.165) is 29.7 Å². The minimum Gasteiger partial charge on any atom is -0.490 e. The van der Waals surface area contributed by atoms with Gasteiger partial charge in [0, 0.05) is 6.61 Å². The van der Waals surface area contributed by atoms with E-state index in [4.69, 9.17) is 21.1 Å². The smallest absolute Gasteiger partial charge is 0.249 e. The zero-order chi connectivity index (χ0) is 19.3. The number of nitrogens with zero attached hydrogens (tertiary/aromatic N) is 2. The molecule has 1 saturated heterocycles. The Hall–Kier alpha value is -2.57. The molecule has 146 valence electrons.